The van der Waals surface area contributed by atoms with Gasteiger partial charge in [0.25, 0.3) is 0 Å². The second-order valence-electron chi connectivity index (χ2n) is 9.72. The quantitative estimate of drug-likeness (QED) is 0.421. The molecule has 1 heterocycles. The highest BCUT2D eigenvalue weighted by Crippen LogP contribution is 2.23. The van der Waals surface area contributed by atoms with Crippen LogP contribution >= 0.6 is 0 Å². The Kier molecular flexibility index (Phi) is 7.39. The van der Waals surface area contributed by atoms with Crippen molar-refractivity contribution in [3.8, 4) is 0 Å². The number of fused-ring (bicyclic) bond motifs is 2. The van der Waals surface area contributed by atoms with Crippen LogP contribution in [0.5, 0.6) is 0 Å². The minimum absolute atomic E-state index is 0.0690. The summed E-state index contributed by atoms with van der Waals surface area (Å²) in [6.45, 7) is 6.75. The van der Waals surface area contributed by atoms with Gasteiger partial charge in [-0.2, -0.15) is 0 Å². The first-order chi connectivity index (χ1) is 16.0. The van der Waals surface area contributed by atoms with E-state index < -0.39 is 34.7 Å². The van der Waals surface area contributed by atoms with Gasteiger partial charge in [-0.1, -0.05) is 52.0 Å². The van der Waals surface area contributed by atoms with E-state index in [1.165, 1.54) is 24.3 Å². The van der Waals surface area contributed by atoms with Crippen molar-refractivity contribution in [3.63, 3.8) is 0 Å². The Labute approximate surface area is 198 Å². The van der Waals surface area contributed by atoms with Crippen molar-refractivity contribution in [2.45, 2.75) is 27.7 Å². The van der Waals surface area contributed by atoms with Crippen LogP contribution < -0.4 is 0 Å². The molecule has 8 nitrogen and oxygen atoms in total. The molecular weight excluding hydrogens is 440 g/mol. The molecule has 1 aliphatic heterocycles. The Morgan fingerprint density at radius 3 is 0.882 bits per heavy atom. The van der Waals surface area contributed by atoms with Gasteiger partial charge < -0.3 is 18.9 Å². The summed E-state index contributed by atoms with van der Waals surface area (Å²) in [5, 5.41) is 0. The summed E-state index contributed by atoms with van der Waals surface area (Å²) in [6, 6.07) is 12.4. The summed E-state index contributed by atoms with van der Waals surface area (Å²) < 4.78 is 21.7. The number of rotatable bonds is 0. The minimum Gasteiger partial charge on any atom is -0.461 e. The number of esters is 4. The average molecular weight is 469 g/mol. The van der Waals surface area contributed by atoms with Crippen molar-refractivity contribution in [1.29, 1.82) is 0 Å². The molecule has 2 aromatic carbocycles. The van der Waals surface area contributed by atoms with Gasteiger partial charge in [-0.3, -0.25) is 0 Å². The smallest absolute Gasteiger partial charge is 0.339 e. The van der Waals surface area contributed by atoms with Crippen LogP contribution in [0.4, 0.5) is 0 Å². The highest BCUT2D eigenvalue weighted by atomic mass is 16.6. The second-order valence-corrected chi connectivity index (χ2v) is 9.72. The number of hydrogen-bond acceptors (Lipinski definition) is 8. The van der Waals surface area contributed by atoms with Crippen molar-refractivity contribution in [2.75, 3.05) is 26.4 Å². The fourth-order valence-corrected chi connectivity index (χ4v) is 3.12. The summed E-state index contributed by atoms with van der Waals surface area (Å²) in [5.41, 5.74) is -1.18. The number of cyclic esters (lactones) is 4. The number of ether oxygens (including phenoxy) is 4. The molecule has 0 amide bonds. The second kappa shape index (κ2) is 10.1. The van der Waals surface area contributed by atoms with Crippen LogP contribution in [0.25, 0.3) is 0 Å². The minimum atomic E-state index is -0.730. The van der Waals surface area contributed by atoms with Gasteiger partial charge >= 0.3 is 23.9 Å². The van der Waals surface area contributed by atoms with Crippen molar-refractivity contribution in [2.24, 2.45) is 10.8 Å². The van der Waals surface area contributed by atoms with Crippen molar-refractivity contribution in [3.05, 3.63) is 70.8 Å². The van der Waals surface area contributed by atoms with E-state index in [2.05, 4.69) is 0 Å². The van der Waals surface area contributed by atoms with Crippen molar-refractivity contribution in [1.82, 2.24) is 0 Å². The number of carbonyl (C=O) groups excluding carboxylic acids is 4. The van der Waals surface area contributed by atoms with Gasteiger partial charge in [0, 0.05) is 10.8 Å². The van der Waals surface area contributed by atoms with Gasteiger partial charge in [-0.05, 0) is 24.3 Å². The van der Waals surface area contributed by atoms with Crippen molar-refractivity contribution >= 4 is 23.9 Å². The van der Waals surface area contributed by atoms with E-state index in [0.29, 0.717) is 0 Å². The highest BCUT2D eigenvalue weighted by molar-refractivity contribution is 6.04. The molecule has 0 radical (unpaired) electrons. The molecule has 8 heteroatoms. The topological polar surface area (TPSA) is 105 Å². The van der Waals surface area contributed by atoms with E-state index in [-0.39, 0.29) is 48.7 Å². The molecule has 3 rings (SSSR count). The zero-order valence-corrected chi connectivity index (χ0v) is 19.7. The lowest BCUT2D eigenvalue weighted by atomic mass is 9.95. The summed E-state index contributed by atoms with van der Waals surface area (Å²) in [7, 11) is 0. The number of carbonyl (C=O) groups is 4. The van der Waals surface area contributed by atoms with Crippen LogP contribution in [0.1, 0.15) is 69.1 Å². The molecule has 0 spiro atoms. The van der Waals surface area contributed by atoms with Crippen LogP contribution in [-0.2, 0) is 18.9 Å². The molecule has 34 heavy (non-hydrogen) atoms. The maximum Gasteiger partial charge on any atom is 0.339 e. The molecule has 0 aromatic heterocycles. The third kappa shape index (κ3) is 6.21. The third-order valence-electron chi connectivity index (χ3n) is 5.11. The zero-order chi connectivity index (χ0) is 24.9. The van der Waals surface area contributed by atoms with Crippen molar-refractivity contribution < 1.29 is 38.1 Å². The number of hydrogen-bond donors (Lipinski definition) is 0. The van der Waals surface area contributed by atoms with Gasteiger partial charge in [0.15, 0.2) is 0 Å². The fourth-order valence-electron chi connectivity index (χ4n) is 3.12. The fraction of sp³-hybridized carbons (Fsp3) is 0.385. The Balaban J connectivity index is 1.91. The molecule has 0 aliphatic carbocycles. The largest absolute Gasteiger partial charge is 0.461 e. The van der Waals surface area contributed by atoms with Crippen LogP contribution in [0.15, 0.2) is 48.5 Å². The Hall–Kier alpha value is -3.68. The predicted octanol–water partition coefficient (Wildman–Crippen LogP) is 4.08. The average Bonchev–Trinajstić information content (AvgIpc) is 2.82. The van der Waals surface area contributed by atoms with E-state index in [4.69, 9.17) is 18.9 Å². The van der Waals surface area contributed by atoms with Gasteiger partial charge in [-0.15, -0.1) is 0 Å². The zero-order valence-electron chi connectivity index (χ0n) is 19.7. The molecule has 2 aromatic rings. The first kappa shape index (κ1) is 25.0. The van der Waals surface area contributed by atoms with E-state index in [0.717, 1.165) is 0 Å². The lowest BCUT2D eigenvalue weighted by Gasteiger charge is -2.25. The third-order valence-corrected chi connectivity index (χ3v) is 5.11. The molecule has 0 bridgehead atoms. The van der Waals surface area contributed by atoms with Gasteiger partial charge in [0.1, 0.15) is 0 Å². The standard InChI is InChI=1S/C26H28O8/c1-25(2)13-31-21(27)17-9-5-7-11-19(17)23(29)33-15-26(3,4)16-34-24(30)20-12-8-6-10-18(20)22(28)32-14-25/h5-12H,13-16H2,1-4H3. The van der Waals surface area contributed by atoms with E-state index in [1.54, 1.807) is 52.0 Å². The summed E-state index contributed by atoms with van der Waals surface area (Å²) >= 11 is 0. The Morgan fingerprint density at radius 1 is 0.471 bits per heavy atom. The molecule has 0 N–H and O–H groups in total. The summed E-state index contributed by atoms with van der Waals surface area (Å²) in [5.74, 6) is -2.75. The molecule has 0 saturated carbocycles. The Bertz CT molecular complexity index is 930. The van der Waals surface area contributed by atoms with Gasteiger partial charge in [0.05, 0.1) is 48.7 Å². The van der Waals surface area contributed by atoms with Crippen LogP contribution in [0.2, 0.25) is 0 Å². The maximum atomic E-state index is 12.7. The lowest BCUT2D eigenvalue weighted by Crippen LogP contribution is -2.31. The normalized spacial score (nSPS) is 19.2. The van der Waals surface area contributed by atoms with Crippen LogP contribution in [0, 0.1) is 10.8 Å². The molecule has 0 atom stereocenters. The predicted molar refractivity (Wildman–Crippen MR) is 122 cm³/mol. The van der Waals surface area contributed by atoms with Gasteiger partial charge in [0.2, 0.25) is 0 Å². The molecule has 0 saturated heterocycles. The molecule has 180 valence electrons. The summed E-state index contributed by atoms with van der Waals surface area (Å²) in [6.07, 6.45) is 0. The molecule has 1 aliphatic rings. The van der Waals surface area contributed by atoms with Gasteiger partial charge in [-0.25, -0.2) is 19.2 Å². The first-order valence-electron chi connectivity index (χ1n) is 10.9. The Morgan fingerprint density at radius 2 is 0.676 bits per heavy atom. The SMILES string of the molecule is CC1(C)COC(=O)c2ccccc2C(=O)OCC(C)(C)COC(=O)c2ccccc2C(=O)OC1. The number of benzene rings is 2. The first-order valence-corrected chi connectivity index (χ1v) is 10.9. The molecular formula is C26H28O8. The highest BCUT2D eigenvalue weighted by Gasteiger charge is 2.29. The monoisotopic (exact) mass is 468 g/mol. The molecule has 0 unspecified atom stereocenters. The van der Waals surface area contributed by atoms with Crippen LogP contribution in [-0.4, -0.2) is 50.3 Å². The summed E-state index contributed by atoms with van der Waals surface area (Å²) in [4.78, 5) is 50.9. The van der Waals surface area contributed by atoms with E-state index in [1.807, 2.05) is 0 Å². The lowest BCUT2D eigenvalue weighted by molar-refractivity contribution is 0.00148. The van der Waals surface area contributed by atoms with Crippen LogP contribution in [0.3, 0.4) is 0 Å². The van der Waals surface area contributed by atoms with E-state index >= 15 is 0 Å². The molecule has 0 fully saturated rings. The maximum absolute atomic E-state index is 12.7. The van der Waals surface area contributed by atoms with E-state index in [9.17, 15) is 19.2 Å².